The Morgan fingerprint density at radius 3 is 2.86 bits per heavy atom. The van der Waals surface area contributed by atoms with Gasteiger partial charge in [0.05, 0.1) is 0 Å². The summed E-state index contributed by atoms with van der Waals surface area (Å²) < 4.78 is 13.8. The molecule has 0 bridgehead atoms. The molecular weight excluding hydrogens is 267 g/mol. The largest absolute Gasteiger partial charge is 0.505 e. The first-order valence-corrected chi connectivity index (χ1v) is 8.05. The van der Waals surface area contributed by atoms with E-state index < -0.39 is 5.82 Å². The highest BCUT2D eigenvalue weighted by atomic mass is 19.1. The number of halogens is 1. The van der Waals surface area contributed by atoms with Crippen LogP contribution in [0.25, 0.3) is 0 Å². The Morgan fingerprint density at radius 1 is 1.24 bits per heavy atom. The number of Topliss-reactive ketones (excluding diaryl/α,β-unsaturated/α-hetero) is 1. The number of hydrogen-bond donors (Lipinski definition) is 1. The van der Waals surface area contributed by atoms with Crippen LogP contribution in [0.1, 0.15) is 56.1 Å². The van der Waals surface area contributed by atoms with Crippen molar-refractivity contribution < 1.29 is 14.3 Å². The van der Waals surface area contributed by atoms with Gasteiger partial charge < -0.3 is 5.11 Å². The molecule has 3 heteroatoms. The van der Waals surface area contributed by atoms with Gasteiger partial charge in [0, 0.05) is 11.8 Å². The Kier molecular flexibility index (Phi) is 2.73. The van der Waals surface area contributed by atoms with Crippen molar-refractivity contribution in [2.24, 2.45) is 17.3 Å². The lowest BCUT2D eigenvalue weighted by Crippen LogP contribution is -2.42. The zero-order valence-electron chi connectivity index (χ0n) is 12.4. The quantitative estimate of drug-likeness (QED) is 0.784. The molecule has 0 amide bonds. The van der Waals surface area contributed by atoms with Crippen LogP contribution in [0.5, 0.6) is 5.75 Å². The average Bonchev–Trinajstić information content (AvgIpc) is 2.76. The first-order chi connectivity index (χ1) is 10.0. The van der Waals surface area contributed by atoms with Gasteiger partial charge in [-0.2, -0.15) is 0 Å². The molecule has 1 aromatic rings. The van der Waals surface area contributed by atoms with Crippen molar-refractivity contribution in [3.05, 3.63) is 29.1 Å². The summed E-state index contributed by atoms with van der Waals surface area (Å²) in [6.07, 6.45) is 5.59. The molecule has 4 rings (SSSR count). The second-order valence-electron chi connectivity index (χ2n) is 7.34. The minimum absolute atomic E-state index is 0.131. The maximum atomic E-state index is 13.8. The second kappa shape index (κ2) is 4.31. The van der Waals surface area contributed by atoms with E-state index in [0.29, 0.717) is 23.5 Å². The minimum Gasteiger partial charge on any atom is -0.505 e. The van der Waals surface area contributed by atoms with E-state index in [1.54, 1.807) is 12.1 Å². The first kappa shape index (κ1) is 13.3. The Labute approximate surface area is 124 Å². The van der Waals surface area contributed by atoms with E-state index in [2.05, 4.69) is 6.92 Å². The number of carbonyl (C=O) groups excluding carboxylic acids is 1. The minimum atomic E-state index is -0.509. The van der Waals surface area contributed by atoms with Crippen molar-refractivity contribution in [1.29, 1.82) is 0 Å². The number of fused-ring (bicyclic) bond motifs is 5. The number of rotatable bonds is 0. The van der Waals surface area contributed by atoms with Gasteiger partial charge in [-0.3, -0.25) is 4.79 Å². The maximum absolute atomic E-state index is 13.8. The van der Waals surface area contributed by atoms with Gasteiger partial charge in [0.2, 0.25) is 0 Å². The van der Waals surface area contributed by atoms with E-state index in [-0.39, 0.29) is 11.2 Å². The fourth-order valence-corrected chi connectivity index (χ4v) is 5.35. The summed E-state index contributed by atoms with van der Waals surface area (Å²) in [5.41, 5.74) is 2.06. The van der Waals surface area contributed by atoms with Crippen LogP contribution in [0.2, 0.25) is 0 Å². The van der Waals surface area contributed by atoms with Crippen LogP contribution >= 0.6 is 0 Å². The molecule has 1 aromatic carbocycles. The van der Waals surface area contributed by atoms with Crippen molar-refractivity contribution in [1.82, 2.24) is 0 Å². The lowest BCUT2D eigenvalue weighted by molar-refractivity contribution is -0.129. The standard InChI is InChI=1S/C18H21FO2/c1-18-7-6-11-12(14(18)4-5-17(18)21)3-2-10-8-16(20)15(19)9-13(10)11/h8-9,11-12,14,20H,2-7H2,1H3. The summed E-state index contributed by atoms with van der Waals surface area (Å²) >= 11 is 0. The average molecular weight is 288 g/mol. The monoisotopic (exact) mass is 288 g/mol. The fourth-order valence-electron chi connectivity index (χ4n) is 5.35. The molecule has 4 unspecified atom stereocenters. The molecule has 0 aliphatic heterocycles. The third kappa shape index (κ3) is 1.72. The predicted octanol–water partition coefficient (Wildman–Crippen LogP) is 3.96. The number of aromatic hydroxyl groups is 1. The summed E-state index contributed by atoms with van der Waals surface area (Å²) in [6.45, 7) is 2.15. The van der Waals surface area contributed by atoms with Crippen LogP contribution in [-0.4, -0.2) is 10.9 Å². The van der Waals surface area contributed by atoms with Crippen molar-refractivity contribution in [2.75, 3.05) is 0 Å². The summed E-state index contributed by atoms with van der Waals surface area (Å²) in [4.78, 5) is 12.3. The van der Waals surface area contributed by atoms with Gasteiger partial charge in [-0.05, 0) is 73.1 Å². The number of benzene rings is 1. The summed E-state index contributed by atoms with van der Waals surface area (Å²) in [5, 5.41) is 9.58. The van der Waals surface area contributed by atoms with E-state index in [1.165, 1.54) is 0 Å². The van der Waals surface area contributed by atoms with E-state index in [4.69, 9.17) is 0 Å². The molecule has 0 radical (unpaired) electrons. The molecule has 0 spiro atoms. The molecular formula is C18H21FO2. The normalized spacial score (nSPS) is 37.8. The molecule has 21 heavy (non-hydrogen) atoms. The third-order valence-electron chi connectivity index (χ3n) is 6.50. The number of aryl methyl sites for hydroxylation is 1. The van der Waals surface area contributed by atoms with Crippen LogP contribution in [0, 0.1) is 23.1 Å². The molecule has 3 aliphatic rings. The Hall–Kier alpha value is -1.38. The molecule has 112 valence electrons. The zero-order valence-corrected chi connectivity index (χ0v) is 12.4. The fraction of sp³-hybridized carbons (Fsp3) is 0.611. The van der Waals surface area contributed by atoms with Gasteiger partial charge in [-0.25, -0.2) is 4.39 Å². The van der Waals surface area contributed by atoms with E-state index in [0.717, 1.165) is 49.7 Å². The highest BCUT2D eigenvalue weighted by molar-refractivity contribution is 5.87. The van der Waals surface area contributed by atoms with Crippen molar-refractivity contribution >= 4 is 5.78 Å². The SMILES string of the molecule is CC12CCC3c4cc(F)c(O)cc4CCC3C1CCC2=O. The highest BCUT2D eigenvalue weighted by Gasteiger charge is 2.54. The van der Waals surface area contributed by atoms with Gasteiger partial charge in [0.25, 0.3) is 0 Å². The van der Waals surface area contributed by atoms with Crippen LogP contribution in [0.15, 0.2) is 12.1 Å². The lowest BCUT2D eigenvalue weighted by Gasteiger charge is -2.48. The summed E-state index contributed by atoms with van der Waals surface area (Å²) in [7, 11) is 0. The lowest BCUT2D eigenvalue weighted by atomic mass is 9.55. The Bertz CT molecular complexity index is 624. The number of phenols is 1. The molecule has 4 atom stereocenters. The highest BCUT2D eigenvalue weighted by Crippen LogP contribution is 2.59. The third-order valence-corrected chi connectivity index (χ3v) is 6.50. The van der Waals surface area contributed by atoms with Crippen LogP contribution in [0.3, 0.4) is 0 Å². The zero-order chi connectivity index (χ0) is 14.8. The smallest absolute Gasteiger partial charge is 0.165 e. The number of phenolic OH excluding ortho intramolecular Hbond substituents is 1. The van der Waals surface area contributed by atoms with Crippen LogP contribution in [0.4, 0.5) is 4.39 Å². The van der Waals surface area contributed by atoms with Crippen LogP contribution in [-0.2, 0) is 11.2 Å². The van der Waals surface area contributed by atoms with Gasteiger partial charge >= 0.3 is 0 Å². The van der Waals surface area contributed by atoms with Crippen molar-refractivity contribution in [3.8, 4) is 5.75 Å². The van der Waals surface area contributed by atoms with E-state index in [1.807, 2.05) is 0 Å². The first-order valence-electron chi connectivity index (χ1n) is 8.05. The van der Waals surface area contributed by atoms with Crippen molar-refractivity contribution in [2.45, 2.75) is 51.4 Å². The number of carbonyl (C=O) groups is 1. The molecule has 2 saturated carbocycles. The second-order valence-corrected chi connectivity index (χ2v) is 7.34. The topological polar surface area (TPSA) is 37.3 Å². The number of ketones is 1. The van der Waals surface area contributed by atoms with E-state index >= 15 is 0 Å². The molecule has 0 saturated heterocycles. The van der Waals surface area contributed by atoms with E-state index in [9.17, 15) is 14.3 Å². The Balaban J connectivity index is 1.75. The molecule has 0 aromatic heterocycles. The molecule has 2 nitrogen and oxygen atoms in total. The molecule has 3 aliphatic carbocycles. The Morgan fingerprint density at radius 2 is 2.05 bits per heavy atom. The van der Waals surface area contributed by atoms with Gasteiger partial charge in [0.1, 0.15) is 5.78 Å². The maximum Gasteiger partial charge on any atom is 0.165 e. The van der Waals surface area contributed by atoms with Crippen molar-refractivity contribution in [3.63, 3.8) is 0 Å². The van der Waals surface area contributed by atoms with Gasteiger partial charge in [-0.1, -0.05) is 6.92 Å². The predicted molar refractivity (Wildman–Crippen MR) is 77.7 cm³/mol. The van der Waals surface area contributed by atoms with Crippen LogP contribution < -0.4 is 0 Å². The van der Waals surface area contributed by atoms with Gasteiger partial charge in [0.15, 0.2) is 11.6 Å². The molecule has 0 heterocycles. The summed E-state index contributed by atoms with van der Waals surface area (Å²) in [6, 6.07) is 3.15. The summed E-state index contributed by atoms with van der Waals surface area (Å²) in [5.74, 6) is 1.04. The molecule has 1 N–H and O–H groups in total. The molecule has 2 fully saturated rings. The van der Waals surface area contributed by atoms with Gasteiger partial charge in [-0.15, -0.1) is 0 Å². The number of hydrogen-bond acceptors (Lipinski definition) is 2.